The molecule has 0 saturated heterocycles. The molecule has 250 valence electrons. The standard InChI is InChI=1S/C35H37Cl2N7O4/c1-43-22-27(39-32(45)8-5-17-38-35(47)48-23-24-6-3-2-4-7-24)21-31(43)33-41-29-14-9-25(20-30(29)42-33)34(46)40-26-10-12-28(13-11-26)44(18-15-36)19-16-37/h2-4,6-7,9-14,20-22H,5,8,15-19,23H2,1H3,(H,38,47)(H,39,45)(H,40,46)(H,41,42). The number of carbonyl (C=O) groups excluding carboxylic acids is 3. The van der Waals surface area contributed by atoms with E-state index >= 15 is 0 Å². The molecule has 2 aromatic heterocycles. The first-order valence-electron chi connectivity index (χ1n) is 15.5. The Morgan fingerprint density at radius 1 is 0.917 bits per heavy atom. The molecule has 11 nitrogen and oxygen atoms in total. The number of H-pyrrole nitrogens is 1. The number of aromatic amines is 1. The molecule has 0 radical (unpaired) electrons. The van der Waals surface area contributed by atoms with Crippen LogP contribution in [0.2, 0.25) is 0 Å². The summed E-state index contributed by atoms with van der Waals surface area (Å²) in [7, 11) is 1.86. The SMILES string of the molecule is Cn1cc(NC(=O)CCCNC(=O)OCc2ccccc2)cc1-c1nc2cc(C(=O)Nc3ccc(N(CCCl)CCCl)cc3)ccc2[nH]1. The Morgan fingerprint density at radius 2 is 1.67 bits per heavy atom. The summed E-state index contributed by atoms with van der Waals surface area (Å²) in [5, 5.41) is 8.50. The van der Waals surface area contributed by atoms with Crippen molar-refractivity contribution in [3.8, 4) is 11.5 Å². The van der Waals surface area contributed by atoms with Crippen molar-refractivity contribution in [2.75, 3.05) is 46.9 Å². The van der Waals surface area contributed by atoms with Gasteiger partial charge in [-0.25, -0.2) is 9.78 Å². The van der Waals surface area contributed by atoms with Crippen molar-refractivity contribution in [1.29, 1.82) is 0 Å². The highest BCUT2D eigenvalue weighted by molar-refractivity contribution is 6.18. The molecule has 0 aliphatic carbocycles. The van der Waals surface area contributed by atoms with Gasteiger partial charge in [0.1, 0.15) is 6.61 Å². The monoisotopic (exact) mass is 689 g/mol. The van der Waals surface area contributed by atoms with Gasteiger partial charge in [-0.1, -0.05) is 30.3 Å². The Labute approximate surface area is 288 Å². The molecule has 0 spiro atoms. The van der Waals surface area contributed by atoms with Crippen LogP contribution >= 0.6 is 23.2 Å². The molecule has 0 saturated carbocycles. The van der Waals surface area contributed by atoms with Gasteiger partial charge in [0, 0.05) is 68.0 Å². The zero-order chi connectivity index (χ0) is 33.9. The fraction of sp³-hybridized carbons (Fsp3) is 0.257. The third-order valence-corrected chi connectivity index (χ3v) is 7.88. The molecule has 0 aliphatic heterocycles. The Hall–Kier alpha value is -5.00. The number of aromatic nitrogens is 3. The van der Waals surface area contributed by atoms with Gasteiger partial charge in [-0.15, -0.1) is 23.2 Å². The van der Waals surface area contributed by atoms with Crippen LogP contribution in [-0.4, -0.2) is 63.8 Å². The van der Waals surface area contributed by atoms with E-state index in [9.17, 15) is 14.4 Å². The lowest BCUT2D eigenvalue weighted by Crippen LogP contribution is -2.27. The molecule has 3 aromatic carbocycles. The number of ether oxygens (including phenoxy) is 1. The van der Waals surface area contributed by atoms with E-state index < -0.39 is 6.09 Å². The van der Waals surface area contributed by atoms with Crippen molar-refractivity contribution in [3.05, 3.63) is 96.2 Å². The van der Waals surface area contributed by atoms with Crippen LogP contribution in [0, 0.1) is 0 Å². The van der Waals surface area contributed by atoms with Crippen LogP contribution in [0.3, 0.4) is 0 Å². The van der Waals surface area contributed by atoms with Crippen molar-refractivity contribution in [2.24, 2.45) is 7.05 Å². The molecule has 0 bridgehead atoms. The van der Waals surface area contributed by atoms with E-state index in [1.807, 2.05) is 78.3 Å². The van der Waals surface area contributed by atoms with Gasteiger partial charge in [-0.2, -0.15) is 0 Å². The summed E-state index contributed by atoms with van der Waals surface area (Å²) in [5.41, 5.74) is 5.79. The highest BCUT2D eigenvalue weighted by atomic mass is 35.5. The van der Waals surface area contributed by atoms with Crippen LogP contribution in [0.15, 0.2) is 85.1 Å². The lowest BCUT2D eigenvalue weighted by Gasteiger charge is -2.23. The second kappa shape index (κ2) is 16.7. The van der Waals surface area contributed by atoms with Gasteiger partial charge >= 0.3 is 6.09 Å². The number of rotatable bonds is 15. The van der Waals surface area contributed by atoms with Crippen LogP contribution in [0.4, 0.5) is 21.9 Å². The minimum atomic E-state index is -0.523. The number of alkyl halides is 2. The molecular weight excluding hydrogens is 653 g/mol. The van der Waals surface area contributed by atoms with Gasteiger partial charge in [-0.05, 0) is 60.5 Å². The topological polar surface area (TPSA) is 133 Å². The first kappa shape index (κ1) is 34.3. The largest absolute Gasteiger partial charge is 0.445 e. The number of nitrogens with zero attached hydrogens (tertiary/aromatic N) is 3. The number of fused-ring (bicyclic) bond motifs is 1. The number of carbonyl (C=O) groups is 3. The normalized spacial score (nSPS) is 10.9. The molecule has 0 atom stereocenters. The fourth-order valence-corrected chi connectivity index (χ4v) is 5.51. The number of amides is 3. The predicted octanol–water partition coefficient (Wildman–Crippen LogP) is 6.75. The lowest BCUT2D eigenvalue weighted by atomic mass is 10.2. The van der Waals surface area contributed by atoms with E-state index in [4.69, 9.17) is 32.9 Å². The molecule has 0 unspecified atom stereocenters. The molecular formula is C35H37Cl2N7O4. The molecule has 4 N–H and O–H groups in total. The van der Waals surface area contributed by atoms with Crippen molar-refractivity contribution in [3.63, 3.8) is 0 Å². The highest BCUT2D eigenvalue weighted by Crippen LogP contribution is 2.26. The summed E-state index contributed by atoms with van der Waals surface area (Å²) in [6.07, 6.45) is 1.96. The molecule has 2 heterocycles. The smallest absolute Gasteiger partial charge is 0.407 e. The van der Waals surface area contributed by atoms with Gasteiger partial charge in [-0.3, -0.25) is 9.59 Å². The quantitative estimate of drug-likeness (QED) is 0.0710. The summed E-state index contributed by atoms with van der Waals surface area (Å²) >= 11 is 11.8. The van der Waals surface area contributed by atoms with Crippen molar-refractivity contribution in [1.82, 2.24) is 19.9 Å². The zero-order valence-corrected chi connectivity index (χ0v) is 28.0. The maximum absolute atomic E-state index is 13.1. The average Bonchev–Trinajstić information content (AvgIpc) is 3.68. The fourth-order valence-electron chi connectivity index (χ4n) is 5.11. The van der Waals surface area contributed by atoms with Crippen molar-refractivity contribution in [2.45, 2.75) is 19.4 Å². The van der Waals surface area contributed by atoms with Gasteiger partial charge < -0.3 is 35.1 Å². The Balaban J connectivity index is 1.13. The number of hydrogen-bond donors (Lipinski definition) is 4. The third kappa shape index (κ3) is 9.30. The number of benzene rings is 3. The van der Waals surface area contributed by atoms with Crippen LogP contribution in [-0.2, 0) is 23.2 Å². The van der Waals surface area contributed by atoms with E-state index in [0.717, 1.165) is 22.5 Å². The first-order chi connectivity index (χ1) is 23.3. The van der Waals surface area contributed by atoms with Crippen LogP contribution in [0.1, 0.15) is 28.8 Å². The maximum Gasteiger partial charge on any atom is 0.407 e. The molecule has 5 rings (SSSR count). The maximum atomic E-state index is 13.1. The summed E-state index contributed by atoms with van der Waals surface area (Å²) in [6, 6.07) is 24.1. The minimum Gasteiger partial charge on any atom is -0.445 e. The number of hydrogen-bond acceptors (Lipinski definition) is 6. The molecule has 3 amide bonds. The van der Waals surface area contributed by atoms with E-state index in [-0.39, 0.29) is 24.8 Å². The second-order valence-electron chi connectivity index (χ2n) is 11.0. The van der Waals surface area contributed by atoms with E-state index in [1.54, 1.807) is 18.3 Å². The van der Waals surface area contributed by atoms with Crippen molar-refractivity contribution < 1.29 is 19.1 Å². The predicted molar refractivity (Wildman–Crippen MR) is 191 cm³/mol. The Morgan fingerprint density at radius 3 is 2.40 bits per heavy atom. The summed E-state index contributed by atoms with van der Waals surface area (Å²) in [6.45, 7) is 1.86. The lowest BCUT2D eigenvalue weighted by molar-refractivity contribution is -0.116. The molecule has 0 fully saturated rings. The second-order valence-corrected chi connectivity index (χ2v) is 11.8. The van der Waals surface area contributed by atoms with Gasteiger partial charge in [0.25, 0.3) is 5.91 Å². The first-order valence-corrected chi connectivity index (χ1v) is 16.6. The summed E-state index contributed by atoms with van der Waals surface area (Å²) < 4.78 is 7.04. The number of aryl methyl sites for hydroxylation is 1. The van der Waals surface area contributed by atoms with E-state index in [2.05, 4.69) is 25.8 Å². The molecule has 13 heteroatoms. The van der Waals surface area contributed by atoms with Gasteiger partial charge in [0.15, 0.2) is 5.82 Å². The number of alkyl carbamates (subject to hydrolysis) is 1. The number of nitrogens with one attached hydrogen (secondary N) is 4. The summed E-state index contributed by atoms with van der Waals surface area (Å²) in [5.74, 6) is 1.15. The van der Waals surface area contributed by atoms with E-state index in [0.29, 0.717) is 66.1 Å². The molecule has 0 aliphatic rings. The third-order valence-electron chi connectivity index (χ3n) is 7.54. The number of imidazole rings is 1. The minimum absolute atomic E-state index is 0.177. The van der Waals surface area contributed by atoms with E-state index in [1.165, 1.54) is 0 Å². The average molecular weight is 691 g/mol. The Bertz CT molecular complexity index is 1840. The number of anilines is 3. The summed E-state index contributed by atoms with van der Waals surface area (Å²) in [4.78, 5) is 47.6. The number of halogens is 2. The van der Waals surface area contributed by atoms with Crippen LogP contribution in [0.25, 0.3) is 22.6 Å². The zero-order valence-electron chi connectivity index (χ0n) is 26.5. The van der Waals surface area contributed by atoms with Gasteiger partial charge in [0.05, 0.1) is 22.4 Å². The molecule has 5 aromatic rings. The van der Waals surface area contributed by atoms with Crippen LogP contribution in [0.5, 0.6) is 0 Å². The molecule has 48 heavy (non-hydrogen) atoms. The van der Waals surface area contributed by atoms with Gasteiger partial charge in [0.2, 0.25) is 5.91 Å². The Kier molecular flexibility index (Phi) is 12.0. The van der Waals surface area contributed by atoms with Crippen LogP contribution < -0.4 is 20.9 Å². The highest BCUT2D eigenvalue weighted by Gasteiger charge is 2.15. The van der Waals surface area contributed by atoms with Crippen molar-refractivity contribution >= 4 is 69.2 Å².